The highest BCUT2D eigenvalue weighted by molar-refractivity contribution is 8.04. The minimum atomic E-state index is 1.23. The Morgan fingerprint density at radius 1 is 0.609 bits per heavy atom. The molecule has 0 amide bonds. The SMILES string of the molecule is [CH]1SC=CN1c1c(-c2ccccc2)cccc1-c1ccccc1. The average Bonchev–Trinajstić information content (AvgIpc) is 3.17. The van der Waals surface area contributed by atoms with Crippen molar-refractivity contribution in [1.82, 2.24) is 0 Å². The van der Waals surface area contributed by atoms with Crippen LogP contribution in [0.15, 0.2) is 90.5 Å². The Labute approximate surface area is 141 Å². The quantitative estimate of drug-likeness (QED) is 0.569. The molecule has 23 heavy (non-hydrogen) atoms. The van der Waals surface area contributed by atoms with Gasteiger partial charge in [0.25, 0.3) is 0 Å². The molecule has 111 valence electrons. The van der Waals surface area contributed by atoms with Gasteiger partial charge in [0.15, 0.2) is 0 Å². The number of nitrogens with zero attached hydrogens (tertiary/aromatic N) is 1. The zero-order valence-corrected chi connectivity index (χ0v) is 13.4. The van der Waals surface area contributed by atoms with E-state index < -0.39 is 0 Å². The Hall–Kier alpha value is -2.45. The summed E-state index contributed by atoms with van der Waals surface area (Å²) >= 11 is 1.71. The first-order chi connectivity index (χ1) is 11.4. The average molecular weight is 314 g/mol. The first kappa shape index (κ1) is 14.2. The molecule has 1 heterocycles. The predicted octanol–water partition coefficient (Wildman–Crippen LogP) is 6.16. The van der Waals surface area contributed by atoms with Gasteiger partial charge in [-0.3, -0.25) is 0 Å². The number of rotatable bonds is 3. The van der Waals surface area contributed by atoms with E-state index in [9.17, 15) is 0 Å². The lowest BCUT2D eigenvalue weighted by molar-refractivity contribution is 1.28. The summed E-state index contributed by atoms with van der Waals surface area (Å²) in [7, 11) is 0. The van der Waals surface area contributed by atoms with Crippen molar-refractivity contribution in [3.8, 4) is 22.3 Å². The van der Waals surface area contributed by atoms with Gasteiger partial charge in [-0.15, -0.1) is 11.8 Å². The fourth-order valence-electron chi connectivity index (χ4n) is 2.89. The third kappa shape index (κ3) is 2.78. The molecule has 3 aromatic carbocycles. The molecule has 1 radical (unpaired) electrons. The van der Waals surface area contributed by atoms with Crippen LogP contribution in [0.1, 0.15) is 0 Å². The maximum Gasteiger partial charge on any atom is 0.114 e. The van der Waals surface area contributed by atoms with Gasteiger partial charge in [-0.1, -0.05) is 78.9 Å². The molecule has 0 saturated carbocycles. The minimum Gasteiger partial charge on any atom is -0.331 e. The van der Waals surface area contributed by atoms with E-state index in [1.807, 2.05) is 0 Å². The summed E-state index contributed by atoms with van der Waals surface area (Å²) in [6.07, 6.45) is 2.12. The fraction of sp³-hybridized carbons (Fsp3) is 0. The molecular formula is C21H16NS. The van der Waals surface area contributed by atoms with Crippen molar-refractivity contribution < 1.29 is 0 Å². The van der Waals surface area contributed by atoms with Crippen molar-refractivity contribution in [3.63, 3.8) is 0 Å². The largest absolute Gasteiger partial charge is 0.331 e. The van der Waals surface area contributed by atoms with Crippen molar-refractivity contribution in [1.29, 1.82) is 0 Å². The summed E-state index contributed by atoms with van der Waals surface area (Å²) in [4.78, 5) is 2.22. The Morgan fingerprint density at radius 2 is 1.17 bits per heavy atom. The van der Waals surface area contributed by atoms with Gasteiger partial charge in [0.2, 0.25) is 0 Å². The second-order valence-corrected chi connectivity index (χ2v) is 6.12. The van der Waals surface area contributed by atoms with Gasteiger partial charge in [-0.25, -0.2) is 0 Å². The standard InChI is InChI=1S/C21H16NS/c1-3-8-17(9-4-1)19-12-7-13-20(18-10-5-2-6-11-18)21(19)22-14-15-23-16-22/h1-16H. The normalized spacial score (nSPS) is 13.5. The van der Waals surface area contributed by atoms with Crippen LogP contribution in [0.25, 0.3) is 22.3 Å². The van der Waals surface area contributed by atoms with Crippen LogP contribution in [0.4, 0.5) is 5.69 Å². The van der Waals surface area contributed by atoms with Crippen molar-refractivity contribution in [2.45, 2.75) is 0 Å². The third-order valence-electron chi connectivity index (χ3n) is 3.94. The van der Waals surface area contributed by atoms with Gasteiger partial charge >= 0.3 is 0 Å². The van der Waals surface area contributed by atoms with Gasteiger partial charge in [0.05, 0.1) is 5.69 Å². The first-order valence-electron chi connectivity index (χ1n) is 7.61. The zero-order chi connectivity index (χ0) is 15.5. The van der Waals surface area contributed by atoms with Crippen molar-refractivity contribution >= 4 is 17.4 Å². The smallest absolute Gasteiger partial charge is 0.114 e. The second kappa shape index (κ2) is 6.35. The maximum atomic E-state index is 2.22. The molecule has 0 aromatic heterocycles. The number of thioether (sulfide) groups is 1. The van der Waals surface area contributed by atoms with E-state index in [0.29, 0.717) is 0 Å². The molecule has 0 unspecified atom stereocenters. The van der Waals surface area contributed by atoms with Crippen molar-refractivity contribution in [2.24, 2.45) is 0 Å². The Kier molecular flexibility index (Phi) is 3.91. The van der Waals surface area contributed by atoms with Crippen LogP contribution in [0.5, 0.6) is 0 Å². The molecule has 1 nitrogen and oxygen atoms in total. The highest BCUT2D eigenvalue weighted by atomic mass is 32.2. The summed E-state index contributed by atoms with van der Waals surface area (Å²) < 4.78 is 0. The highest BCUT2D eigenvalue weighted by Crippen LogP contribution is 2.42. The zero-order valence-electron chi connectivity index (χ0n) is 12.6. The number of anilines is 1. The topological polar surface area (TPSA) is 3.24 Å². The molecule has 0 atom stereocenters. The molecule has 0 bridgehead atoms. The molecule has 1 aliphatic heterocycles. The van der Waals surface area contributed by atoms with Crippen molar-refractivity contribution in [3.05, 3.63) is 96.3 Å². The number of hydrogen-bond acceptors (Lipinski definition) is 2. The van der Waals surface area contributed by atoms with Gasteiger partial charge in [0.1, 0.15) is 5.88 Å². The second-order valence-electron chi connectivity index (χ2n) is 5.37. The van der Waals surface area contributed by atoms with Crippen LogP contribution in [0, 0.1) is 5.88 Å². The molecular weight excluding hydrogens is 298 g/mol. The summed E-state index contributed by atoms with van der Waals surface area (Å²) in [6.45, 7) is 0. The van der Waals surface area contributed by atoms with Crippen LogP contribution in [-0.2, 0) is 0 Å². The first-order valence-corrected chi connectivity index (χ1v) is 8.55. The molecule has 3 aromatic rings. The highest BCUT2D eigenvalue weighted by Gasteiger charge is 2.18. The molecule has 0 saturated heterocycles. The van der Waals surface area contributed by atoms with Gasteiger partial charge in [0, 0.05) is 17.3 Å². The van der Waals surface area contributed by atoms with Crippen molar-refractivity contribution in [2.75, 3.05) is 4.90 Å². The summed E-state index contributed by atoms with van der Waals surface area (Å²) in [5.74, 6) is 2.15. The summed E-state index contributed by atoms with van der Waals surface area (Å²) in [5.41, 5.74) is 6.19. The molecule has 0 N–H and O–H groups in total. The van der Waals surface area contributed by atoms with E-state index in [4.69, 9.17) is 0 Å². The lowest BCUT2D eigenvalue weighted by Crippen LogP contribution is -2.09. The molecule has 0 aliphatic carbocycles. The van der Waals surface area contributed by atoms with Crippen LogP contribution in [0.2, 0.25) is 0 Å². The minimum absolute atomic E-state index is 1.23. The molecule has 2 heteroatoms. The van der Waals surface area contributed by atoms with E-state index in [-0.39, 0.29) is 0 Å². The molecule has 0 spiro atoms. The van der Waals surface area contributed by atoms with E-state index in [1.165, 1.54) is 27.9 Å². The van der Waals surface area contributed by atoms with Crippen LogP contribution in [0.3, 0.4) is 0 Å². The fourth-order valence-corrected chi connectivity index (χ4v) is 3.47. The van der Waals surface area contributed by atoms with E-state index in [0.717, 1.165) is 0 Å². The lowest BCUT2D eigenvalue weighted by atomic mass is 9.95. The van der Waals surface area contributed by atoms with Gasteiger partial charge in [-0.05, 0) is 16.5 Å². The maximum absolute atomic E-state index is 2.22. The third-order valence-corrected chi connectivity index (χ3v) is 4.57. The van der Waals surface area contributed by atoms with Gasteiger partial charge in [-0.2, -0.15) is 0 Å². The predicted molar refractivity (Wildman–Crippen MR) is 101 cm³/mol. The molecule has 4 rings (SSSR count). The Balaban J connectivity index is 1.95. The van der Waals surface area contributed by atoms with Crippen LogP contribution < -0.4 is 4.90 Å². The molecule has 0 fully saturated rings. The lowest BCUT2D eigenvalue weighted by Gasteiger charge is -2.23. The van der Waals surface area contributed by atoms with Gasteiger partial charge < -0.3 is 4.90 Å². The van der Waals surface area contributed by atoms with E-state index in [2.05, 4.69) is 101 Å². The van der Waals surface area contributed by atoms with Crippen LogP contribution in [-0.4, -0.2) is 0 Å². The number of para-hydroxylation sites is 1. The van der Waals surface area contributed by atoms with E-state index in [1.54, 1.807) is 11.8 Å². The summed E-state index contributed by atoms with van der Waals surface area (Å²) in [5, 5.41) is 2.11. The molecule has 1 aliphatic rings. The Morgan fingerprint density at radius 3 is 1.65 bits per heavy atom. The number of benzene rings is 3. The Bertz CT molecular complexity index is 767. The van der Waals surface area contributed by atoms with E-state index >= 15 is 0 Å². The monoisotopic (exact) mass is 314 g/mol. The number of hydrogen-bond donors (Lipinski definition) is 0. The van der Waals surface area contributed by atoms with Crippen LogP contribution >= 0.6 is 11.8 Å². The summed E-state index contributed by atoms with van der Waals surface area (Å²) in [6, 6.07) is 27.7.